The van der Waals surface area contributed by atoms with Crippen LogP contribution in [0.25, 0.3) is 10.9 Å². The third-order valence-corrected chi connectivity index (χ3v) is 2.91. The predicted octanol–water partition coefficient (Wildman–Crippen LogP) is 1.91. The van der Waals surface area contributed by atoms with E-state index in [1.54, 1.807) is 25.3 Å². The fraction of sp³-hybridized carbons (Fsp3) is 0.286. The lowest BCUT2D eigenvalue weighted by Crippen LogP contribution is -2.15. The molecule has 0 fully saturated rings. The normalized spacial score (nSPS) is 10.6. The fourth-order valence-electron chi connectivity index (χ4n) is 2.04. The van der Waals surface area contributed by atoms with Gasteiger partial charge in [-0.25, -0.2) is 0 Å². The Hall–Kier alpha value is -2.10. The molecule has 94 valence electrons. The molecule has 1 aromatic carbocycles. The Labute approximate surface area is 105 Å². The molecule has 2 rings (SSSR count). The van der Waals surface area contributed by atoms with Gasteiger partial charge in [-0.1, -0.05) is 0 Å². The van der Waals surface area contributed by atoms with Crippen LogP contribution in [0.15, 0.2) is 29.1 Å². The van der Waals surface area contributed by atoms with Crippen molar-refractivity contribution in [1.82, 2.24) is 4.57 Å². The van der Waals surface area contributed by atoms with Crippen LogP contribution in [-0.2, 0) is 11.3 Å². The van der Waals surface area contributed by atoms with Crippen LogP contribution in [0.4, 0.5) is 0 Å². The molecule has 0 amide bonds. The van der Waals surface area contributed by atoms with Crippen molar-refractivity contribution in [3.8, 4) is 5.75 Å². The number of aromatic nitrogens is 1. The maximum atomic E-state index is 12.0. The summed E-state index contributed by atoms with van der Waals surface area (Å²) >= 11 is 0. The van der Waals surface area contributed by atoms with Crippen LogP contribution in [0, 0.1) is 6.92 Å². The first-order valence-corrected chi connectivity index (χ1v) is 5.70. The Morgan fingerprint density at radius 3 is 2.67 bits per heavy atom. The van der Waals surface area contributed by atoms with E-state index in [0.29, 0.717) is 11.1 Å². The zero-order valence-corrected chi connectivity index (χ0v) is 10.7. The van der Waals surface area contributed by atoms with E-state index in [1.165, 1.54) is 6.92 Å². The summed E-state index contributed by atoms with van der Waals surface area (Å²) in [5.74, 6) is 0.691. The van der Waals surface area contributed by atoms with Crippen molar-refractivity contribution in [2.24, 2.45) is 0 Å². The Balaban J connectivity index is 2.78. The molecular weight excluding hydrogens is 230 g/mol. The van der Waals surface area contributed by atoms with Crippen LogP contribution < -0.4 is 10.2 Å². The first-order chi connectivity index (χ1) is 8.52. The Morgan fingerprint density at radius 2 is 2.06 bits per heavy atom. The first kappa shape index (κ1) is 12.4. The average Bonchev–Trinajstić information content (AvgIpc) is 2.33. The molecule has 0 bridgehead atoms. The van der Waals surface area contributed by atoms with Gasteiger partial charge in [0.05, 0.1) is 19.2 Å². The Bertz CT molecular complexity index is 671. The molecule has 4 heteroatoms. The van der Waals surface area contributed by atoms with E-state index >= 15 is 0 Å². The van der Waals surface area contributed by atoms with E-state index in [-0.39, 0.29) is 17.8 Å². The summed E-state index contributed by atoms with van der Waals surface area (Å²) in [6, 6.07) is 6.85. The number of hydrogen-bond donors (Lipinski definition) is 0. The van der Waals surface area contributed by atoms with E-state index in [4.69, 9.17) is 4.74 Å². The number of pyridine rings is 1. The van der Waals surface area contributed by atoms with Crippen molar-refractivity contribution in [2.45, 2.75) is 20.4 Å². The lowest BCUT2D eigenvalue weighted by molar-refractivity contribution is -0.117. The molecule has 0 unspecified atom stereocenters. The van der Waals surface area contributed by atoms with Crippen molar-refractivity contribution in [2.75, 3.05) is 7.11 Å². The number of hydrogen-bond acceptors (Lipinski definition) is 3. The van der Waals surface area contributed by atoms with Gasteiger partial charge < -0.3 is 9.30 Å². The number of nitrogens with zero attached hydrogens (tertiary/aromatic N) is 1. The van der Waals surface area contributed by atoms with Crippen molar-refractivity contribution >= 4 is 16.7 Å². The number of carbonyl (C=O) groups is 1. The minimum atomic E-state index is -0.0544. The van der Waals surface area contributed by atoms with E-state index in [0.717, 1.165) is 11.2 Å². The van der Waals surface area contributed by atoms with Crippen LogP contribution in [-0.4, -0.2) is 17.5 Å². The molecule has 0 radical (unpaired) electrons. The van der Waals surface area contributed by atoms with Gasteiger partial charge in [0, 0.05) is 17.1 Å². The quantitative estimate of drug-likeness (QED) is 0.829. The first-order valence-electron chi connectivity index (χ1n) is 5.70. The number of ether oxygens (including phenoxy) is 1. The van der Waals surface area contributed by atoms with E-state index < -0.39 is 0 Å². The van der Waals surface area contributed by atoms with Gasteiger partial charge in [0.2, 0.25) is 0 Å². The molecule has 0 N–H and O–H groups in total. The van der Waals surface area contributed by atoms with Crippen molar-refractivity contribution in [1.29, 1.82) is 0 Å². The number of methoxy groups -OCH3 is 1. The fourth-order valence-corrected chi connectivity index (χ4v) is 2.04. The van der Waals surface area contributed by atoms with Gasteiger partial charge in [-0.3, -0.25) is 9.59 Å². The summed E-state index contributed by atoms with van der Waals surface area (Å²) in [5, 5.41) is 0.571. The minimum absolute atomic E-state index is 0.0544. The SMILES string of the molecule is COc1ccc2c(c1)c(=O)cc(C)n2CC(C)=O. The largest absolute Gasteiger partial charge is 0.497 e. The molecular formula is C14H15NO3. The summed E-state index contributed by atoms with van der Waals surface area (Å²) in [4.78, 5) is 23.2. The number of ketones is 1. The van der Waals surface area contributed by atoms with E-state index in [9.17, 15) is 9.59 Å². The third kappa shape index (κ3) is 2.14. The zero-order valence-electron chi connectivity index (χ0n) is 10.7. The smallest absolute Gasteiger partial charge is 0.189 e. The number of carbonyl (C=O) groups excluding carboxylic acids is 1. The maximum absolute atomic E-state index is 12.0. The average molecular weight is 245 g/mol. The number of benzene rings is 1. The standard InChI is InChI=1S/C14H15NO3/c1-9-6-14(17)12-7-11(18-3)4-5-13(12)15(9)8-10(2)16/h4-7H,8H2,1-3H3. The summed E-state index contributed by atoms with van der Waals surface area (Å²) in [5.41, 5.74) is 1.49. The van der Waals surface area contributed by atoms with Gasteiger partial charge in [-0.15, -0.1) is 0 Å². The molecule has 0 saturated heterocycles. The Morgan fingerprint density at radius 1 is 1.33 bits per heavy atom. The van der Waals surface area contributed by atoms with E-state index in [2.05, 4.69) is 0 Å². The number of rotatable bonds is 3. The van der Waals surface area contributed by atoms with Crippen LogP contribution >= 0.6 is 0 Å². The molecule has 18 heavy (non-hydrogen) atoms. The molecule has 1 aromatic heterocycles. The molecule has 0 aliphatic carbocycles. The molecule has 2 aromatic rings. The van der Waals surface area contributed by atoms with Crippen LogP contribution in [0.2, 0.25) is 0 Å². The second-order valence-electron chi connectivity index (χ2n) is 4.32. The minimum Gasteiger partial charge on any atom is -0.497 e. The lowest BCUT2D eigenvalue weighted by atomic mass is 10.1. The van der Waals surface area contributed by atoms with Crippen LogP contribution in [0.3, 0.4) is 0 Å². The van der Waals surface area contributed by atoms with Crippen molar-refractivity contribution in [3.63, 3.8) is 0 Å². The van der Waals surface area contributed by atoms with E-state index in [1.807, 2.05) is 17.6 Å². The van der Waals surface area contributed by atoms with Gasteiger partial charge in [-0.2, -0.15) is 0 Å². The van der Waals surface area contributed by atoms with Crippen LogP contribution in [0.1, 0.15) is 12.6 Å². The summed E-state index contributed by atoms with van der Waals surface area (Å²) in [6.45, 7) is 3.63. The molecule has 0 saturated carbocycles. The topological polar surface area (TPSA) is 48.3 Å². The van der Waals surface area contributed by atoms with Gasteiger partial charge >= 0.3 is 0 Å². The molecule has 0 aliphatic rings. The zero-order chi connectivity index (χ0) is 13.3. The van der Waals surface area contributed by atoms with Gasteiger partial charge in [0.15, 0.2) is 5.43 Å². The maximum Gasteiger partial charge on any atom is 0.189 e. The molecule has 4 nitrogen and oxygen atoms in total. The number of fused-ring (bicyclic) bond motifs is 1. The number of aryl methyl sites for hydroxylation is 1. The van der Waals surface area contributed by atoms with Crippen molar-refractivity contribution < 1.29 is 9.53 Å². The summed E-state index contributed by atoms with van der Waals surface area (Å²) in [6.07, 6.45) is 0. The monoisotopic (exact) mass is 245 g/mol. The molecule has 0 atom stereocenters. The van der Waals surface area contributed by atoms with Gasteiger partial charge in [-0.05, 0) is 32.0 Å². The lowest BCUT2D eigenvalue weighted by Gasteiger charge is -2.13. The van der Waals surface area contributed by atoms with Crippen molar-refractivity contribution in [3.05, 3.63) is 40.2 Å². The highest BCUT2D eigenvalue weighted by Gasteiger charge is 2.08. The van der Waals surface area contributed by atoms with Gasteiger partial charge in [0.25, 0.3) is 0 Å². The summed E-state index contributed by atoms with van der Waals surface area (Å²) < 4.78 is 6.96. The molecule has 0 aliphatic heterocycles. The highest BCUT2D eigenvalue weighted by molar-refractivity contribution is 5.83. The predicted molar refractivity (Wildman–Crippen MR) is 70.2 cm³/mol. The second kappa shape index (κ2) is 4.64. The molecule has 1 heterocycles. The Kier molecular flexibility index (Phi) is 3.19. The molecule has 0 spiro atoms. The summed E-state index contributed by atoms with van der Waals surface area (Å²) in [7, 11) is 1.56. The highest BCUT2D eigenvalue weighted by Crippen LogP contribution is 2.19. The second-order valence-corrected chi connectivity index (χ2v) is 4.32. The van der Waals surface area contributed by atoms with Gasteiger partial charge in [0.1, 0.15) is 11.5 Å². The number of Topliss-reactive ketones (excluding diaryl/α,β-unsaturated/α-hetero) is 1. The van der Waals surface area contributed by atoms with Crippen LogP contribution in [0.5, 0.6) is 5.75 Å². The highest BCUT2D eigenvalue weighted by atomic mass is 16.5. The third-order valence-electron chi connectivity index (χ3n) is 2.91.